The summed E-state index contributed by atoms with van der Waals surface area (Å²) in [6.45, 7) is 0.521. The van der Waals surface area contributed by atoms with Crippen molar-refractivity contribution in [3.63, 3.8) is 0 Å². The van der Waals surface area contributed by atoms with Crippen LogP contribution in [0.3, 0.4) is 0 Å². The van der Waals surface area contributed by atoms with E-state index < -0.39 is 11.7 Å². The number of rotatable bonds is 2. The standard InChI is InChI=1S/C20H14F3NS/c21-20(22,23)15-10-11-19-17(12-15)24(13-14-6-2-1-3-7-14)16-8-4-5-9-18(16)25-19/h1-12H,13H2. The molecule has 0 atom stereocenters. The van der Waals surface area contributed by atoms with Crippen molar-refractivity contribution in [2.24, 2.45) is 0 Å². The van der Waals surface area contributed by atoms with Gasteiger partial charge in [-0.15, -0.1) is 0 Å². The van der Waals surface area contributed by atoms with Gasteiger partial charge in [0.25, 0.3) is 0 Å². The Hall–Kier alpha value is -2.40. The zero-order valence-electron chi connectivity index (χ0n) is 13.1. The Kier molecular flexibility index (Phi) is 3.96. The van der Waals surface area contributed by atoms with E-state index in [1.807, 2.05) is 59.5 Å². The van der Waals surface area contributed by atoms with Crippen molar-refractivity contribution in [1.82, 2.24) is 0 Å². The number of alkyl halides is 3. The molecule has 1 aliphatic heterocycles. The van der Waals surface area contributed by atoms with Crippen LogP contribution in [0, 0.1) is 0 Å². The Balaban J connectivity index is 1.84. The highest BCUT2D eigenvalue weighted by Gasteiger charge is 2.33. The molecule has 0 fully saturated rings. The summed E-state index contributed by atoms with van der Waals surface area (Å²) in [5.74, 6) is 0. The van der Waals surface area contributed by atoms with Gasteiger partial charge in [-0.3, -0.25) is 0 Å². The van der Waals surface area contributed by atoms with E-state index in [0.29, 0.717) is 12.2 Å². The summed E-state index contributed by atoms with van der Waals surface area (Å²) in [6, 6.07) is 21.6. The minimum Gasteiger partial charge on any atom is -0.335 e. The molecule has 0 spiro atoms. The maximum atomic E-state index is 13.2. The van der Waals surface area contributed by atoms with Crippen molar-refractivity contribution < 1.29 is 13.2 Å². The Labute approximate surface area is 148 Å². The third-order valence-electron chi connectivity index (χ3n) is 4.14. The fourth-order valence-corrected chi connectivity index (χ4v) is 4.02. The SMILES string of the molecule is FC(F)(F)c1ccc2c(c1)N(Cc1ccccc1)c1ccccc1S2. The molecule has 1 heterocycles. The molecule has 3 aromatic carbocycles. The molecule has 0 saturated heterocycles. The quantitative estimate of drug-likeness (QED) is 0.514. The van der Waals surface area contributed by atoms with Gasteiger partial charge in [-0.1, -0.05) is 54.2 Å². The molecule has 0 amide bonds. The molecule has 1 nitrogen and oxygen atoms in total. The predicted molar refractivity (Wildman–Crippen MR) is 94.3 cm³/mol. The molecule has 5 heteroatoms. The second-order valence-corrected chi connectivity index (χ2v) is 6.91. The normalized spacial score (nSPS) is 13.3. The van der Waals surface area contributed by atoms with Crippen LogP contribution >= 0.6 is 11.8 Å². The van der Waals surface area contributed by atoms with Crippen molar-refractivity contribution in [1.29, 1.82) is 0 Å². The molecule has 3 aromatic rings. The summed E-state index contributed by atoms with van der Waals surface area (Å²) in [6.07, 6.45) is -4.35. The van der Waals surface area contributed by atoms with Crippen molar-refractivity contribution in [3.05, 3.63) is 83.9 Å². The monoisotopic (exact) mass is 357 g/mol. The van der Waals surface area contributed by atoms with Gasteiger partial charge >= 0.3 is 6.18 Å². The molecule has 1 aliphatic rings. The summed E-state index contributed by atoms with van der Waals surface area (Å²) in [4.78, 5) is 3.85. The number of halogens is 3. The average Bonchev–Trinajstić information content (AvgIpc) is 2.61. The first-order valence-corrected chi connectivity index (χ1v) is 8.63. The Morgan fingerprint density at radius 1 is 0.760 bits per heavy atom. The van der Waals surface area contributed by atoms with Gasteiger partial charge in [0.2, 0.25) is 0 Å². The number of para-hydroxylation sites is 1. The summed E-state index contributed by atoms with van der Waals surface area (Å²) in [5.41, 5.74) is 1.96. The molecule has 0 saturated carbocycles. The molecule has 0 N–H and O–H groups in total. The lowest BCUT2D eigenvalue weighted by Gasteiger charge is -2.33. The van der Waals surface area contributed by atoms with Crippen molar-refractivity contribution >= 4 is 23.1 Å². The van der Waals surface area contributed by atoms with Gasteiger partial charge < -0.3 is 4.90 Å². The lowest BCUT2D eigenvalue weighted by Crippen LogP contribution is -2.21. The lowest BCUT2D eigenvalue weighted by molar-refractivity contribution is -0.137. The van der Waals surface area contributed by atoms with E-state index in [1.54, 1.807) is 6.07 Å². The van der Waals surface area contributed by atoms with Gasteiger partial charge in [0.05, 0.1) is 16.9 Å². The smallest absolute Gasteiger partial charge is 0.335 e. The molecule has 0 bridgehead atoms. The Bertz CT molecular complexity index is 906. The minimum absolute atomic E-state index is 0.521. The van der Waals surface area contributed by atoms with E-state index in [9.17, 15) is 13.2 Å². The highest BCUT2D eigenvalue weighted by atomic mass is 32.2. The van der Waals surface area contributed by atoms with E-state index in [1.165, 1.54) is 17.8 Å². The van der Waals surface area contributed by atoms with E-state index in [-0.39, 0.29) is 0 Å². The zero-order chi connectivity index (χ0) is 17.4. The number of hydrogen-bond acceptors (Lipinski definition) is 2. The zero-order valence-corrected chi connectivity index (χ0v) is 13.9. The number of fused-ring (bicyclic) bond motifs is 2. The van der Waals surface area contributed by atoms with Crippen molar-refractivity contribution in [2.75, 3.05) is 4.90 Å². The second-order valence-electron chi connectivity index (χ2n) is 5.82. The number of nitrogens with zero attached hydrogens (tertiary/aromatic N) is 1. The van der Waals surface area contributed by atoms with Crippen LogP contribution in [-0.2, 0) is 12.7 Å². The van der Waals surface area contributed by atoms with Crippen molar-refractivity contribution in [2.45, 2.75) is 22.5 Å². The average molecular weight is 357 g/mol. The Morgan fingerprint density at radius 2 is 1.44 bits per heavy atom. The maximum Gasteiger partial charge on any atom is 0.416 e. The fourth-order valence-electron chi connectivity index (χ4n) is 2.94. The predicted octanol–water partition coefficient (Wildman–Crippen LogP) is 6.51. The summed E-state index contributed by atoms with van der Waals surface area (Å²) in [5, 5.41) is 0. The third kappa shape index (κ3) is 3.12. The largest absolute Gasteiger partial charge is 0.416 e. The molecule has 0 aliphatic carbocycles. The maximum absolute atomic E-state index is 13.2. The number of anilines is 2. The van der Waals surface area contributed by atoms with Crippen LogP contribution in [-0.4, -0.2) is 0 Å². The second kappa shape index (κ2) is 6.15. The van der Waals surface area contributed by atoms with E-state index >= 15 is 0 Å². The highest BCUT2D eigenvalue weighted by molar-refractivity contribution is 7.99. The van der Waals surface area contributed by atoms with Gasteiger partial charge in [-0.2, -0.15) is 13.2 Å². The van der Waals surface area contributed by atoms with Gasteiger partial charge in [0, 0.05) is 16.3 Å². The van der Waals surface area contributed by atoms with Crippen LogP contribution in [0.2, 0.25) is 0 Å². The molecule has 25 heavy (non-hydrogen) atoms. The van der Waals surface area contributed by atoms with Crippen LogP contribution < -0.4 is 4.90 Å². The summed E-state index contributed by atoms with van der Waals surface area (Å²) in [7, 11) is 0. The molecule has 4 rings (SSSR count). The molecule has 126 valence electrons. The van der Waals surface area contributed by atoms with Crippen LogP contribution in [0.1, 0.15) is 11.1 Å². The summed E-state index contributed by atoms with van der Waals surface area (Å²) < 4.78 is 39.5. The summed E-state index contributed by atoms with van der Waals surface area (Å²) >= 11 is 1.51. The van der Waals surface area contributed by atoms with Crippen LogP contribution in [0.25, 0.3) is 0 Å². The molecule has 0 radical (unpaired) electrons. The van der Waals surface area contributed by atoms with Gasteiger partial charge in [0.1, 0.15) is 0 Å². The molecule has 0 unspecified atom stereocenters. The van der Waals surface area contributed by atoms with Gasteiger partial charge in [-0.05, 0) is 35.9 Å². The topological polar surface area (TPSA) is 3.24 Å². The highest BCUT2D eigenvalue weighted by Crippen LogP contribution is 2.49. The first-order chi connectivity index (χ1) is 12.0. The number of benzene rings is 3. The van der Waals surface area contributed by atoms with Gasteiger partial charge in [0.15, 0.2) is 0 Å². The van der Waals surface area contributed by atoms with Crippen LogP contribution in [0.15, 0.2) is 82.6 Å². The van der Waals surface area contributed by atoms with Crippen LogP contribution in [0.5, 0.6) is 0 Å². The Morgan fingerprint density at radius 3 is 2.20 bits per heavy atom. The van der Waals surface area contributed by atoms with E-state index in [2.05, 4.69) is 0 Å². The first-order valence-electron chi connectivity index (χ1n) is 7.82. The van der Waals surface area contributed by atoms with Crippen LogP contribution in [0.4, 0.5) is 24.5 Å². The lowest BCUT2D eigenvalue weighted by atomic mass is 10.1. The first kappa shape index (κ1) is 16.1. The molecule has 0 aromatic heterocycles. The number of hydrogen-bond donors (Lipinski definition) is 0. The minimum atomic E-state index is -4.35. The van der Waals surface area contributed by atoms with E-state index in [4.69, 9.17) is 0 Å². The molecular weight excluding hydrogens is 343 g/mol. The van der Waals surface area contributed by atoms with Crippen molar-refractivity contribution in [3.8, 4) is 0 Å². The third-order valence-corrected chi connectivity index (χ3v) is 5.27. The molecular formula is C20H14F3NS. The fraction of sp³-hybridized carbons (Fsp3) is 0.100. The van der Waals surface area contributed by atoms with E-state index in [0.717, 1.165) is 27.1 Å². The van der Waals surface area contributed by atoms with Gasteiger partial charge in [-0.25, -0.2) is 0 Å².